The predicted molar refractivity (Wildman–Crippen MR) is 226 cm³/mol. The van der Waals surface area contributed by atoms with Gasteiger partial charge in [-0.3, -0.25) is 0 Å². The van der Waals surface area contributed by atoms with Crippen LogP contribution in [0, 0.1) is 45.3 Å². The van der Waals surface area contributed by atoms with Crippen molar-refractivity contribution in [3.8, 4) is 0 Å². The molecule has 0 aromatic heterocycles. The molecule has 18 heteroatoms. The summed E-state index contributed by atoms with van der Waals surface area (Å²) in [5.74, 6) is -0.128. The predicted octanol–water partition coefficient (Wildman–Crippen LogP) is 0.155. The van der Waals surface area contributed by atoms with Crippen molar-refractivity contribution in [3.63, 3.8) is 0 Å². The molecule has 0 amide bonds. The molecule has 18 nitrogen and oxygen atoms in total. The Hall–Kier alpha value is -1.27. The molecule has 0 bridgehead atoms. The number of carbonyl (C=O) groups excluding carboxylic acids is 1. The smallest absolute Gasteiger partial charge is 0.187 e. The molecule has 4 aliphatic heterocycles. The van der Waals surface area contributed by atoms with E-state index < -0.39 is 121 Å². The first kappa shape index (κ1) is 50.1. The van der Waals surface area contributed by atoms with Crippen LogP contribution in [0.4, 0.5) is 0 Å². The number of ether oxygens (including phenoxy) is 7. The van der Waals surface area contributed by atoms with Crippen molar-refractivity contribution in [1.82, 2.24) is 0 Å². The molecule has 65 heavy (non-hydrogen) atoms. The minimum atomic E-state index is -1.83. The van der Waals surface area contributed by atoms with Gasteiger partial charge in [0, 0.05) is 11.8 Å². The number of carbonyl (C=O) groups is 1. The summed E-state index contributed by atoms with van der Waals surface area (Å²) in [6.45, 7) is 13.2. The number of rotatable bonds is 10. The lowest BCUT2D eigenvalue weighted by Crippen LogP contribution is -2.67. The molecule has 0 radical (unpaired) electrons. The van der Waals surface area contributed by atoms with Crippen LogP contribution in [-0.4, -0.2) is 181 Å². The second kappa shape index (κ2) is 18.2. The molecule has 10 N–H and O–H groups in total. The lowest BCUT2D eigenvalue weighted by molar-refractivity contribution is -0.388. The topological polar surface area (TPSA) is 284 Å². The molecule has 4 saturated carbocycles. The number of aliphatic hydroxyl groups excluding tert-OH is 9. The van der Waals surface area contributed by atoms with E-state index in [9.17, 15) is 55.9 Å². The Bertz CT molecular complexity index is 1730. The van der Waals surface area contributed by atoms with Crippen LogP contribution in [-0.2, 0) is 38.0 Å². The third-order valence-electron chi connectivity index (χ3n) is 18.5. The van der Waals surface area contributed by atoms with Crippen molar-refractivity contribution < 1.29 is 89.0 Å². The quantitative estimate of drug-likeness (QED) is 0.0793. The Morgan fingerprint density at radius 2 is 1.32 bits per heavy atom. The van der Waals surface area contributed by atoms with Crippen LogP contribution in [0.5, 0.6) is 0 Å². The van der Waals surface area contributed by atoms with E-state index in [2.05, 4.69) is 27.7 Å². The molecule has 1 unspecified atom stereocenters. The van der Waals surface area contributed by atoms with Gasteiger partial charge in [-0.25, -0.2) is 0 Å². The van der Waals surface area contributed by atoms with Crippen LogP contribution >= 0.6 is 0 Å². The Balaban J connectivity index is 1.04. The van der Waals surface area contributed by atoms with Crippen LogP contribution < -0.4 is 0 Å². The molecule has 8 fully saturated rings. The largest absolute Gasteiger partial charge is 0.394 e. The summed E-state index contributed by atoms with van der Waals surface area (Å²) >= 11 is 0. The van der Waals surface area contributed by atoms with Crippen molar-refractivity contribution in [2.45, 2.75) is 216 Å². The van der Waals surface area contributed by atoms with Gasteiger partial charge in [0.25, 0.3) is 0 Å². The van der Waals surface area contributed by atoms with Crippen LogP contribution in [0.15, 0.2) is 11.6 Å². The zero-order valence-corrected chi connectivity index (χ0v) is 38.8. The van der Waals surface area contributed by atoms with Gasteiger partial charge in [-0.05, 0) is 112 Å². The Morgan fingerprint density at radius 1 is 0.677 bits per heavy atom. The normalized spacial score (nSPS) is 55.4. The highest BCUT2D eigenvalue weighted by Crippen LogP contribution is 2.76. The highest BCUT2D eigenvalue weighted by Gasteiger charge is 2.72. The second-order valence-electron chi connectivity index (χ2n) is 22.3. The number of fused-ring (bicyclic) bond motifs is 5. The third-order valence-corrected chi connectivity index (χ3v) is 18.5. The van der Waals surface area contributed by atoms with E-state index in [0.29, 0.717) is 19.3 Å². The van der Waals surface area contributed by atoms with Gasteiger partial charge in [0.1, 0.15) is 72.9 Å². The van der Waals surface area contributed by atoms with Gasteiger partial charge in [0.15, 0.2) is 25.2 Å². The highest BCUT2D eigenvalue weighted by molar-refractivity contribution is 5.62. The minimum Gasteiger partial charge on any atom is -0.394 e. The van der Waals surface area contributed by atoms with Crippen molar-refractivity contribution >= 4 is 6.29 Å². The summed E-state index contributed by atoms with van der Waals surface area (Å²) in [6.07, 6.45) is -14.5. The van der Waals surface area contributed by atoms with E-state index in [-0.39, 0.29) is 47.2 Å². The fraction of sp³-hybridized carbons (Fsp3) is 0.936. The van der Waals surface area contributed by atoms with Gasteiger partial charge in [0.05, 0.1) is 31.5 Å². The number of allylic oxidation sites excluding steroid dienone is 1. The number of aldehydes is 1. The molecule has 0 aromatic carbocycles. The van der Waals surface area contributed by atoms with E-state index in [0.717, 1.165) is 44.1 Å². The first-order valence-corrected chi connectivity index (χ1v) is 23.9. The van der Waals surface area contributed by atoms with E-state index in [4.69, 9.17) is 33.2 Å². The van der Waals surface area contributed by atoms with Crippen LogP contribution in [0.3, 0.4) is 0 Å². The Labute approximate surface area is 381 Å². The standard InChI is InChI=1S/C47H76O18/c1-21(2)16-23-17-47(58,42(57)61-23)25-10-13-44(6)24(25)8-9-29-45(44,7)14-11-28-43(4,5)30(12-15-46(28,29)20-49)63-41-38(65-39-35(55)33(53)31(51)22(3)60-39)37(26(50)19-59-41)64-40-36(56)34(54)32(52)27(18-48)62-40/h16,20,22-42,48,50-58H,8-15,17-19H2,1-7H3/t22-,23?,24+,25-,26-,27+,28-,29-,30-,31-,32+,33+,34-,35+,36+,37-,38+,39-,40-,41-,42+,44+,45+,46+,47-/m0/s1. The highest BCUT2D eigenvalue weighted by atomic mass is 16.8. The summed E-state index contributed by atoms with van der Waals surface area (Å²) in [5.41, 5.74) is -2.14. The summed E-state index contributed by atoms with van der Waals surface area (Å²) in [6, 6.07) is 0. The minimum absolute atomic E-state index is 0.0338. The fourth-order valence-corrected chi connectivity index (χ4v) is 14.8. The second-order valence-corrected chi connectivity index (χ2v) is 22.3. The van der Waals surface area contributed by atoms with E-state index in [1.165, 1.54) is 13.2 Å². The summed E-state index contributed by atoms with van der Waals surface area (Å²) in [5, 5.41) is 109. The van der Waals surface area contributed by atoms with Gasteiger partial charge in [-0.1, -0.05) is 39.3 Å². The Kier molecular flexibility index (Phi) is 14.0. The van der Waals surface area contributed by atoms with Gasteiger partial charge in [-0.15, -0.1) is 0 Å². The molecule has 25 atom stereocenters. The molecule has 8 aliphatic rings. The lowest BCUT2D eigenvalue weighted by Gasteiger charge is -2.69. The van der Waals surface area contributed by atoms with E-state index in [1.54, 1.807) is 0 Å². The first-order valence-electron chi connectivity index (χ1n) is 23.9. The van der Waals surface area contributed by atoms with Gasteiger partial charge < -0.3 is 89.0 Å². The maximum Gasteiger partial charge on any atom is 0.187 e. The first-order chi connectivity index (χ1) is 30.5. The van der Waals surface area contributed by atoms with E-state index >= 15 is 0 Å². The molecule has 4 heterocycles. The number of hydrogen-bond donors (Lipinski definition) is 10. The molecule has 8 rings (SSSR count). The maximum absolute atomic E-state index is 14.0. The summed E-state index contributed by atoms with van der Waals surface area (Å²) < 4.78 is 42.8. The average molecular weight is 929 g/mol. The van der Waals surface area contributed by atoms with Gasteiger partial charge in [-0.2, -0.15) is 0 Å². The average Bonchev–Trinajstić information content (AvgIpc) is 3.76. The van der Waals surface area contributed by atoms with Gasteiger partial charge in [0.2, 0.25) is 0 Å². The van der Waals surface area contributed by atoms with Crippen molar-refractivity contribution in [2.24, 2.45) is 45.3 Å². The zero-order chi connectivity index (χ0) is 47.3. The molecule has 0 spiro atoms. The maximum atomic E-state index is 14.0. The molecular weight excluding hydrogens is 852 g/mol. The zero-order valence-electron chi connectivity index (χ0n) is 38.8. The molecule has 4 saturated heterocycles. The van der Waals surface area contributed by atoms with Crippen molar-refractivity contribution in [1.29, 1.82) is 0 Å². The van der Waals surface area contributed by atoms with E-state index in [1.807, 2.05) is 19.9 Å². The fourth-order valence-electron chi connectivity index (χ4n) is 14.8. The van der Waals surface area contributed by atoms with Gasteiger partial charge >= 0.3 is 0 Å². The summed E-state index contributed by atoms with van der Waals surface area (Å²) in [7, 11) is 0. The number of aliphatic hydroxyl groups is 10. The SMILES string of the molecule is CC(C)=CC1C[C@](O)([C@H]2CC[C@]3(C)[C@@H]2CC[C@@H]2[C@@]4(C=O)CC[C@H](O[C@@H]5OC[C@H](O)[C@H](O[C@@H]6O[C@H](CO)[C@@H](O)[C@H](O)[C@H]6O)[C@H]5O[C@@H]5O[C@@H](C)[C@H](O)[C@@H](O)[C@H]5O)C(C)(C)[C@@H]4CC[C@]23C)[C@H](O)O1. The molecular formula is C47H76O18. The van der Waals surface area contributed by atoms with Crippen molar-refractivity contribution in [2.75, 3.05) is 13.2 Å². The lowest BCUT2D eigenvalue weighted by atomic mass is 9.35. The summed E-state index contributed by atoms with van der Waals surface area (Å²) in [4.78, 5) is 14.0. The van der Waals surface area contributed by atoms with Crippen LogP contribution in [0.1, 0.15) is 106 Å². The molecule has 4 aliphatic carbocycles. The Morgan fingerprint density at radius 3 is 1.98 bits per heavy atom. The monoisotopic (exact) mass is 929 g/mol. The molecule has 372 valence electrons. The molecule has 0 aromatic rings. The third kappa shape index (κ3) is 8.03. The van der Waals surface area contributed by atoms with Crippen LogP contribution in [0.2, 0.25) is 0 Å². The van der Waals surface area contributed by atoms with Crippen molar-refractivity contribution in [3.05, 3.63) is 11.6 Å². The van der Waals surface area contributed by atoms with Crippen LogP contribution in [0.25, 0.3) is 0 Å². The number of hydrogen-bond acceptors (Lipinski definition) is 18.